The first-order valence-corrected chi connectivity index (χ1v) is 11.9. The van der Waals surface area contributed by atoms with Crippen molar-refractivity contribution in [2.45, 2.75) is 24.7 Å². The molecule has 0 atom stereocenters. The first-order chi connectivity index (χ1) is 15.5. The van der Waals surface area contributed by atoms with Crippen molar-refractivity contribution in [2.24, 2.45) is 0 Å². The average Bonchev–Trinajstić information content (AvgIpc) is 3.26. The van der Waals surface area contributed by atoms with E-state index >= 15 is 0 Å². The predicted molar refractivity (Wildman–Crippen MR) is 127 cm³/mol. The number of aromatic nitrogens is 2. The highest BCUT2D eigenvalue weighted by Gasteiger charge is 2.14. The summed E-state index contributed by atoms with van der Waals surface area (Å²) in [6, 6.07) is 13.2. The van der Waals surface area contributed by atoms with E-state index in [1.807, 2.05) is 13.8 Å². The summed E-state index contributed by atoms with van der Waals surface area (Å²) in [5.41, 5.74) is 2.05. The topological polar surface area (TPSA) is 87.2 Å². The van der Waals surface area contributed by atoms with Crippen LogP contribution in [-0.2, 0) is 11.3 Å². The van der Waals surface area contributed by atoms with Crippen LogP contribution in [-0.4, -0.2) is 45.8 Å². The molecule has 0 unspecified atom stereocenters. The zero-order chi connectivity index (χ0) is 22.9. The molecule has 3 rings (SSSR count). The van der Waals surface area contributed by atoms with Crippen molar-refractivity contribution in [1.82, 2.24) is 15.1 Å². The fourth-order valence-electron chi connectivity index (χ4n) is 2.87. The van der Waals surface area contributed by atoms with E-state index in [2.05, 4.69) is 20.8 Å². The van der Waals surface area contributed by atoms with Crippen LogP contribution in [0.2, 0.25) is 0 Å². The summed E-state index contributed by atoms with van der Waals surface area (Å²) in [5, 5.41) is 14.7. The van der Waals surface area contributed by atoms with Crippen LogP contribution < -0.4 is 10.6 Å². The van der Waals surface area contributed by atoms with Gasteiger partial charge in [-0.1, -0.05) is 41.3 Å². The fourth-order valence-corrected chi connectivity index (χ4v) is 4.41. The molecule has 0 bridgehead atoms. The molecule has 0 saturated carbocycles. The summed E-state index contributed by atoms with van der Waals surface area (Å²) in [7, 11) is 0. The van der Waals surface area contributed by atoms with Gasteiger partial charge in [0, 0.05) is 30.9 Å². The number of amides is 2. The number of carbonyl (C=O) groups excluding carboxylic acids is 2. The molecule has 7 nitrogen and oxygen atoms in total. The average molecular weight is 474 g/mol. The molecular formula is C22H24FN5O2S2. The first kappa shape index (κ1) is 23.7. The Kier molecular flexibility index (Phi) is 8.57. The lowest BCUT2D eigenvalue weighted by molar-refractivity contribution is -0.113. The maximum Gasteiger partial charge on any atom is 0.253 e. The van der Waals surface area contributed by atoms with Crippen LogP contribution in [0.25, 0.3) is 0 Å². The summed E-state index contributed by atoms with van der Waals surface area (Å²) in [6.07, 6.45) is 0. The van der Waals surface area contributed by atoms with Crippen molar-refractivity contribution in [1.29, 1.82) is 0 Å². The first-order valence-electron chi connectivity index (χ1n) is 10.1. The van der Waals surface area contributed by atoms with E-state index in [-0.39, 0.29) is 23.4 Å². The zero-order valence-electron chi connectivity index (χ0n) is 17.8. The van der Waals surface area contributed by atoms with E-state index in [1.165, 1.54) is 35.2 Å². The highest BCUT2D eigenvalue weighted by molar-refractivity contribution is 8.01. The largest absolute Gasteiger partial charge is 0.356 e. The third-order valence-corrected chi connectivity index (χ3v) is 6.55. The standard InChI is InChI=1S/C22H24FN5O2S2/c1-3-28(4-2)20(30)16-6-5-7-18(12-16)25-19(29)14-31-22-27-26-21(32-22)24-13-15-8-10-17(23)11-9-15/h5-12H,3-4,13-14H2,1-2H3,(H,24,26)(H,25,29). The van der Waals surface area contributed by atoms with Crippen LogP contribution >= 0.6 is 23.1 Å². The predicted octanol–water partition coefficient (Wildman–Crippen LogP) is 4.50. The second-order valence-electron chi connectivity index (χ2n) is 6.75. The van der Waals surface area contributed by atoms with Gasteiger partial charge in [-0.25, -0.2) is 4.39 Å². The van der Waals surface area contributed by atoms with Gasteiger partial charge >= 0.3 is 0 Å². The molecule has 32 heavy (non-hydrogen) atoms. The Morgan fingerprint density at radius 3 is 2.56 bits per heavy atom. The SMILES string of the molecule is CCN(CC)C(=O)c1cccc(NC(=O)CSc2nnc(NCc3ccc(F)cc3)s2)c1. The van der Waals surface area contributed by atoms with Crippen LogP contribution in [0.4, 0.5) is 15.2 Å². The van der Waals surface area contributed by atoms with E-state index in [0.717, 1.165) is 5.56 Å². The Hall–Kier alpha value is -2.98. The van der Waals surface area contributed by atoms with Gasteiger partial charge in [-0.05, 0) is 49.7 Å². The molecule has 1 aromatic heterocycles. The Labute approximate surface area is 194 Å². The lowest BCUT2D eigenvalue weighted by Gasteiger charge is -2.19. The molecule has 10 heteroatoms. The molecule has 0 fully saturated rings. The van der Waals surface area contributed by atoms with Gasteiger partial charge in [0.1, 0.15) is 5.82 Å². The third kappa shape index (κ3) is 6.76. The Balaban J connectivity index is 1.48. The Morgan fingerprint density at radius 1 is 1.09 bits per heavy atom. The molecule has 2 amide bonds. The second-order valence-corrected chi connectivity index (χ2v) is 8.95. The number of carbonyl (C=O) groups is 2. The number of nitrogens with one attached hydrogen (secondary N) is 2. The highest BCUT2D eigenvalue weighted by atomic mass is 32.2. The van der Waals surface area contributed by atoms with Gasteiger partial charge in [-0.2, -0.15) is 0 Å². The van der Waals surface area contributed by atoms with Crippen LogP contribution in [0, 0.1) is 5.82 Å². The monoisotopic (exact) mass is 473 g/mol. The van der Waals surface area contributed by atoms with E-state index < -0.39 is 0 Å². The number of anilines is 2. The van der Waals surface area contributed by atoms with Gasteiger partial charge in [0.2, 0.25) is 11.0 Å². The van der Waals surface area contributed by atoms with Gasteiger partial charge < -0.3 is 15.5 Å². The number of nitrogens with zero attached hydrogens (tertiary/aromatic N) is 3. The number of hydrogen-bond donors (Lipinski definition) is 2. The minimum Gasteiger partial charge on any atom is -0.356 e. The van der Waals surface area contributed by atoms with Gasteiger partial charge in [-0.15, -0.1) is 10.2 Å². The van der Waals surface area contributed by atoms with Gasteiger partial charge in [-0.3, -0.25) is 9.59 Å². The van der Waals surface area contributed by atoms with Crippen molar-refractivity contribution in [3.63, 3.8) is 0 Å². The van der Waals surface area contributed by atoms with Crippen LogP contribution in [0.1, 0.15) is 29.8 Å². The molecule has 1 heterocycles. The van der Waals surface area contributed by atoms with E-state index in [4.69, 9.17) is 0 Å². The summed E-state index contributed by atoms with van der Waals surface area (Å²) >= 11 is 2.63. The molecule has 0 radical (unpaired) electrons. The number of halogens is 1. The van der Waals surface area contributed by atoms with E-state index in [1.54, 1.807) is 41.3 Å². The van der Waals surface area contributed by atoms with Gasteiger partial charge in [0.15, 0.2) is 4.34 Å². The number of rotatable bonds is 10. The molecular weight excluding hydrogens is 449 g/mol. The van der Waals surface area contributed by atoms with Crippen molar-refractivity contribution in [3.05, 3.63) is 65.5 Å². The third-order valence-electron chi connectivity index (χ3n) is 4.53. The molecule has 0 saturated heterocycles. The van der Waals surface area contributed by atoms with Crippen molar-refractivity contribution in [2.75, 3.05) is 29.5 Å². The van der Waals surface area contributed by atoms with Crippen molar-refractivity contribution < 1.29 is 14.0 Å². The Bertz CT molecular complexity index is 1050. The summed E-state index contributed by atoms with van der Waals surface area (Å²) in [4.78, 5) is 26.6. The smallest absolute Gasteiger partial charge is 0.253 e. The van der Waals surface area contributed by atoms with Gasteiger partial charge in [0.05, 0.1) is 5.75 Å². The molecule has 0 spiro atoms. The highest BCUT2D eigenvalue weighted by Crippen LogP contribution is 2.26. The van der Waals surface area contributed by atoms with E-state index in [9.17, 15) is 14.0 Å². The quantitative estimate of drug-likeness (QED) is 0.422. The molecule has 0 aliphatic rings. The maximum atomic E-state index is 13.0. The van der Waals surface area contributed by atoms with Crippen molar-refractivity contribution >= 4 is 45.7 Å². The van der Waals surface area contributed by atoms with Crippen LogP contribution in [0.3, 0.4) is 0 Å². The van der Waals surface area contributed by atoms with Gasteiger partial charge in [0.25, 0.3) is 5.91 Å². The molecule has 3 aromatic rings. The fraction of sp³-hybridized carbons (Fsp3) is 0.273. The van der Waals surface area contributed by atoms with Crippen molar-refractivity contribution in [3.8, 4) is 0 Å². The number of benzene rings is 2. The van der Waals surface area contributed by atoms with Crippen LogP contribution in [0.5, 0.6) is 0 Å². The molecule has 0 aliphatic heterocycles. The molecule has 2 aromatic carbocycles. The number of thioether (sulfide) groups is 1. The molecule has 2 N–H and O–H groups in total. The minimum absolute atomic E-state index is 0.0602. The lowest BCUT2D eigenvalue weighted by Crippen LogP contribution is -2.30. The zero-order valence-corrected chi connectivity index (χ0v) is 19.4. The maximum absolute atomic E-state index is 13.0. The summed E-state index contributed by atoms with van der Waals surface area (Å²) in [5.74, 6) is -0.363. The molecule has 0 aliphatic carbocycles. The minimum atomic E-state index is -0.274. The molecule has 168 valence electrons. The van der Waals surface area contributed by atoms with Crippen LogP contribution in [0.15, 0.2) is 52.9 Å². The lowest BCUT2D eigenvalue weighted by atomic mass is 10.1. The summed E-state index contributed by atoms with van der Waals surface area (Å²) < 4.78 is 13.6. The Morgan fingerprint density at radius 2 is 1.84 bits per heavy atom. The normalized spacial score (nSPS) is 10.6. The van der Waals surface area contributed by atoms with E-state index in [0.29, 0.717) is 40.4 Å². The summed E-state index contributed by atoms with van der Waals surface area (Å²) in [6.45, 7) is 5.63. The number of hydrogen-bond acceptors (Lipinski definition) is 7. The second kappa shape index (κ2) is 11.6.